The normalized spacial score (nSPS) is 32.4. The molecule has 1 saturated heterocycles. The van der Waals surface area contributed by atoms with E-state index in [-0.39, 0.29) is 11.4 Å². The Morgan fingerprint density at radius 2 is 2.15 bits per heavy atom. The molecular formula is C15H27N3OS. The third-order valence-electron chi connectivity index (χ3n) is 4.55. The van der Waals surface area contributed by atoms with Crippen molar-refractivity contribution in [2.75, 3.05) is 19.3 Å². The molecule has 4 nitrogen and oxygen atoms in total. The van der Waals surface area contributed by atoms with Crippen LogP contribution < -0.4 is 10.6 Å². The Bertz CT molecular complexity index is 398. The van der Waals surface area contributed by atoms with Gasteiger partial charge in [-0.25, -0.2) is 0 Å². The number of hydrogen-bond donors (Lipinski definition) is 2. The molecule has 114 valence electrons. The number of aliphatic imine (C=N–C) groups is 1. The van der Waals surface area contributed by atoms with Gasteiger partial charge in [-0.2, -0.15) is 0 Å². The number of thioether (sulfide) groups is 1. The zero-order valence-electron chi connectivity index (χ0n) is 13.1. The highest BCUT2D eigenvalue weighted by atomic mass is 32.2. The number of carbonyl (C=O) groups is 1. The smallest absolute Gasteiger partial charge is 0.227 e. The molecule has 0 aromatic heterocycles. The van der Waals surface area contributed by atoms with Gasteiger partial charge in [0.25, 0.3) is 0 Å². The first-order valence-corrected chi connectivity index (χ1v) is 8.53. The summed E-state index contributed by atoms with van der Waals surface area (Å²) in [4.78, 5) is 16.4. The van der Waals surface area contributed by atoms with Gasteiger partial charge in [0.15, 0.2) is 5.17 Å². The quantitative estimate of drug-likeness (QED) is 0.841. The Balaban J connectivity index is 1.92. The number of amidine groups is 1. The number of nitrogens with zero attached hydrogens (tertiary/aromatic N) is 1. The molecule has 2 N–H and O–H groups in total. The van der Waals surface area contributed by atoms with Crippen LogP contribution in [0.4, 0.5) is 0 Å². The van der Waals surface area contributed by atoms with Crippen LogP contribution in [0.5, 0.6) is 0 Å². The summed E-state index contributed by atoms with van der Waals surface area (Å²) in [5.41, 5.74) is -0.173. The molecule has 2 fully saturated rings. The lowest BCUT2D eigenvalue weighted by Crippen LogP contribution is -2.46. The second-order valence-corrected chi connectivity index (χ2v) is 7.92. The zero-order chi connectivity index (χ0) is 14.8. The van der Waals surface area contributed by atoms with Crippen molar-refractivity contribution in [1.29, 1.82) is 0 Å². The third-order valence-corrected chi connectivity index (χ3v) is 5.75. The molecule has 5 heteroatoms. The van der Waals surface area contributed by atoms with Gasteiger partial charge in [-0.1, -0.05) is 18.7 Å². The van der Waals surface area contributed by atoms with Crippen molar-refractivity contribution in [3.8, 4) is 0 Å². The van der Waals surface area contributed by atoms with Gasteiger partial charge in [0.05, 0.1) is 12.0 Å². The fourth-order valence-electron chi connectivity index (χ4n) is 2.85. The Hall–Kier alpha value is -0.710. The fraction of sp³-hybridized carbons (Fsp3) is 0.867. The Kier molecular flexibility index (Phi) is 4.67. The van der Waals surface area contributed by atoms with Crippen molar-refractivity contribution in [2.24, 2.45) is 16.3 Å². The summed E-state index contributed by atoms with van der Waals surface area (Å²) in [6, 6.07) is 0. The van der Waals surface area contributed by atoms with E-state index in [2.05, 4.69) is 22.5 Å². The highest BCUT2D eigenvalue weighted by molar-refractivity contribution is 8.14. The van der Waals surface area contributed by atoms with Gasteiger partial charge in [-0.05, 0) is 45.4 Å². The molecule has 1 heterocycles. The van der Waals surface area contributed by atoms with Crippen LogP contribution in [0.25, 0.3) is 0 Å². The van der Waals surface area contributed by atoms with Crippen LogP contribution in [0.2, 0.25) is 0 Å². The van der Waals surface area contributed by atoms with Crippen molar-refractivity contribution in [3.63, 3.8) is 0 Å². The molecule has 0 atom stereocenters. The summed E-state index contributed by atoms with van der Waals surface area (Å²) in [5, 5.41) is 7.37. The molecule has 0 radical (unpaired) electrons. The van der Waals surface area contributed by atoms with E-state index in [9.17, 15) is 4.79 Å². The standard InChI is InChI=1S/C15H27N3OS/c1-11-5-7-15(8-6-11)10-20-13(18-15)17-9-14(2,3)12(19)16-4/h11H,5-10H2,1-4H3,(H,16,19)(H,17,18). The van der Waals surface area contributed by atoms with Gasteiger partial charge < -0.3 is 10.6 Å². The first-order valence-electron chi connectivity index (χ1n) is 7.54. The maximum absolute atomic E-state index is 11.8. The monoisotopic (exact) mass is 297 g/mol. The highest BCUT2D eigenvalue weighted by Gasteiger charge is 2.39. The number of hydrogen-bond acceptors (Lipinski definition) is 3. The second-order valence-electron chi connectivity index (χ2n) is 6.96. The molecule has 0 bridgehead atoms. The van der Waals surface area contributed by atoms with Gasteiger partial charge in [0.1, 0.15) is 0 Å². The summed E-state index contributed by atoms with van der Waals surface area (Å²) in [6.45, 7) is 6.76. The molecule has 0 aromatic rings. The second kappa shape index (κ2) is 5.96. The van der Waals surface area contributed by atoms with Gasteiger partial charge in [0, 0.05) is 18.3 Å². The summed E-state index contributed by atoms with van der Waals surface area (Å²) in [5.74, 6) is 2.03. The zero-order valence-corrected chi connectivity index (χ0v) is 13.9. The number of nitrogens with one attached hydrogen (secondary N) is 2. The molecule has 2 aliphatic rings. The third kappa shape index (κ3) is 3.48. The van der Waals surface area contributed by atoms with Gasteiger partial charge in [-0.3, -0.25) is 9.79 Å². The van der Waals surface area contributed by atoms with Crippen LogP contribution in [0.3, 0.4) is 0 Å². The average molecular weight is 297 g/mol. The molecule has 1 amide bonds. The van der Waals surface area contributed by atoms with Crippen molar-refractivity contribution in [2.45, 2.75) is 52.0 Å². The van der Waals surface area contributed by atoms with Crippen LogP contribution in [-0.4, -0.2) is 36.0 Å². The van der Waals surface area contributed by atoms with E-state index < -0.39 is 5.41 Å². The van der Waals surface area contributed by atoms with E-state index in [0.29, 0.717) is 6.54 Å². The number of carbonyl (C=O) groups excluding carboxylic acids is 1. The molecule has 0 unspecified atom stereocenters. The summed E-state index contributed by atoms with van der Waals surface area (Å²) in [6.07, 6.45) is 5.12. The number of amides is 1. The van der Waals surface area contributed by atoms with Crippen molar-refractivity contribution < 1.29 is 4.79 Å². The molecular weight excluding hydrogens is 270 g/mol. The maximum Gasteiger partial charge on any atom is 0.227 e. The topological polar surface area (TPSA) is 53.5 Å². The minimum Gasteiger partial charge on any atom is -0.359 e. The Morgan fingerprint density at radius 3 is 2.75 bits per heavy atom. The van der Waals surface area contributed by atoms with E-state index in [0.717, 1.165) is 16.8 Å². The summed E-state index contributed by atoms with van der Waals surface area (Å²) < 4.78 is 0. The highest BCUT2D eigenvalue weighted by Crippen LogP contribution is 2.38. The van der Waals surface area contributed by atoms with Crippen LogP contribution in [0, 0.1) is 11.3 Å². The largest absolute Gasteiger partial charge is 0.359 e. The number of rotatable bonds is 3. The lowest BCUT2D eigenvalue weighted by molar-refractivity contribution is -0.128. The molecule has 1 saturated carbocycles. The van der Waals surface area contributed by atoms with Gasteiger partial charge in [-0.15, -0.1) is 0 Å². The van der Waals surface area contributed by atoms with Crippen LogP contribution in [0.15, 0.2) is 4.99 Å². The molecule has 2 rings (SSSR count). The summed E-state index contributed by atoms with van der Waals surface area (Å²) in [7, 11) is 1.68. The molecule has 1 aliphatic carbocycles. The van der Waals surface area contributed by atoms with E-state index >= 15 is 0 Å². The van der Waals surface area contributed by atoms with Crippen LogP contribution in [-0.2, 0) is 4.79 Å². The van der Waals surface area contributed by atoms with Crippen LogP contribution in [0.1, 0.15) is 46.5 Å². The van der Waals surface area contributed by atoms with E-state index in [1.54, 1.807) is 7.05 Å². The fourth-order valence-corrected chi connectivity index (χ4v) is 4.07. The predicted octanol–water partition coefficient (Wildman–Crippen LogP) is 2.40. The molecule has 1 spiro atoms. The molecule has 20 heavy (non-hydrogen) atoms. The lowest BCUT2D eigenvalue weighted by Gasteiger charge is -2.35. The molecule has 0 aromatic carbocycles. The summed E-state index contributed by atoms with van der Waals surface area (Å²) >= 11 is 1.82. The minimum absolute atomic E-state index is 0.0473. The van der Waals surface area contributed by atoms with Crippen LogP contribution >= 0.6 is 11.8 Å². The van der Waals surface area contributed by atoms with Gasteiger partial charge in [0.2, 0.25) is 5.91 Å². The Labute approximate surface area is 126 Å². The first-order chi connectivity index (χ1) is 9.37. The predicted molar refractivity (Wildman–Crippen MR) is 86.1 cm³/mol. The lowest BCUT2D eigenvalue weighted by atomic mass is 9.78. The maximum atomic E-state index is 11.8. The SMILES string of the molecule is CNC(=O)C(C)(C)CN=C1NC2(CCC(C)CC2)CS1. The Morgan fingerprint density at radius 1 is 1.50 bits per heavy atom. The first kappa shape index (κ1) is 15.7. The minimum atomic E-state index is -0.444. The average Bonchev–Trinajstić information content (AvgIpc) is 2.83. The van der Waals surface area contributed by atoms with Crippen molar-refractivity contribution in [3.05, 3.63) is 0 Å². The van der Waals surface area contributed by atoms with Crippen molar-refractivity contribution >= 4 is 22.8 Å². The van der Waals surface area contributed by atoms with E-state index in [4.69, 9.17) is 0 Å². The molecule has 1 aliphatic heterocycles. The van der Waals surface area contributed by atoms with Gasteiger partial charge >= 0.3 is 0 Å². The van der Waals surface area contributed by atoms with E-state index in [1.165, 1.54) is 25.7 Å². The van der Waals surface area contributed by atoms with E-state index in [1.807, 2.05) is 25.6 Å². The van der Waals surface area contributed by atoms with Crippen molar-refractivity contribution in [1.82, 2.24) is 10.6 Å².